The van der Waals surface area contributed by atoms with Crippen molar-refractivity contribution in [1.29, 1.82) is 0 Å². The molecule has 0 N–H and O–H groups in total. The van der Waals surface area contributed by atoms with Crippen LogP contribution in [0.15, 0.2) is 24.5 Å². The smallest absolute Gasteiger partial charge is 0.256 e. The largest absolute Gasteiger partial charge is 0.489 e. The highest BCUT2D eigenvalue weighted by molar-refractivity contribution is 5.50. The summed E-state index contributed by atoms with van der Waals surface area (Å²) in [7, 11) is 1.60. The van der Waals surface area contributed by atoms with Crippen LogP contribution in [0.25, 0.3) is 5.78 Å². The summed E-state index contributed by atoms with van der Waals surface area (Å²) in [6.07, 6.45) is 5.81. The van der Waals surface area contributed by atoms with Crippen LogP contribution in [0.2, 0.25) is 0 Å². The van der Waals surface area contributed by atoms with E-state index in [4.69, 9.17) is 14.5 Å². The number of nitrogens with zero attached hydrogens (tertiary/aromatic N) is 6. The minimum atomic E-state index is 0.181. The molecule has 0 aliphatic carbocycles. The van der Waals surface area contributed by atoms with Crippen LogP contribution < -0.4 is 14.4 Å². The molecular weight excluding hydrogens is 332 g/mol. The second kappa shape index (κ2) is 6.78. The lowest BCUT2D eigenvalue weighted by molar-refractivity contribution is 0.170. The van der Waals surface area contributed by atoms with E-state index in [9.17, 15) is 0 Å². The predicted molar refractivity (Wildman–Crippen MR) is 96.9 cm³/mol. The summed E-state index contributed by atoms with van der Waals surface area (Å²) < 4.78 is 13.0. The topological polar surface area (TPSA) is 77.7 Å². The number of anilines is 1. The van der Waals surface area contributed by atoms with E-state index in [0.29, 0.717) is 11.7 Å². The number of hydrogen-bond acceptors (Lipinski definition) is 7. The maximum atomic E-state index is 6.05. The first-order chi connectivity index (χ1) is 12.6. The SMILES string of the molecule is COc1ccc(OC2CCN(c3nc4nnc(C)n4cc3C)CC2)cn1. The maximum absolute atomic E-state index is 6.05. The minimum absolute atomic E-state index is 0.181. The molecule has 8 heteroatoms. The number of ether oxygens (including phenoxy) is 2. The monoisotopic (exact) mass is 354 g/mol. The number of pyridine rings is 1. The van der Waals surface area contributed by atoms with Crippen LogP contribution in [0, 0.1) is 13.8 Å². The van der Waals surface area contributed by atoms with Gasteiger partial charge in [0.2, 0.25) is 5.88 Å². The van der Waals surface area contributed by atoms with E-state index in [1.807, 2.05) is 23.5 Å². The number of rotatable bonds is 4. The Hall–Kier alpha value is -2.90. The van der Waals surface area contributed by atoms with Crippen LogP contribution in [0.3, 0.4) is 0 Å². The van der Waals surface area contributed by atoms with Gasteiger partial charge in [0, 0.05) is 43.8 Å². The van der Waals surface area contributed by atoms with Crippen LogP contribution in [0.1, 0.15) is 24.2 Å². The molecule has 0 radical (unpaired) electrons. The summed E-state index contributed by atoms with van der Waals surface area (Å²) in [4.78, 5) is 11.2. The third-order valence-electron chi connectivity index (χ3n) is 4.69. The zero-order valence-electron chi connectivity index (χ0n) is 15.2. The van der Waals surface area contributed by atoms with Gasteiger partial charge in [-0.25, -0.2) is 4.98 Å². The van der Waals surface area contributed by atoms with E-state index in [1.54, 1.807) is 13.3 Å². The van der Waals surface area contributed by atoms with E-state index in [-0.39, 0.29) is 6.10 Å². The van der Waals surface area contributed by atoms with Gasteiger partial charge in [-0.05, 0) is 19.9 Å². The standard InChI is InChI=1S/C18H22N6O2/c1-12-11-24-13(2)21-22-18(24)20-17(12)23-8-6-14(7-9-23)26-15-4-5-16(25-3)19-10-15/h4-5,10-11,14H,6-9H2,1-3H3. The molecule has 0 spiro atoms. The summed E-state index contributed by atoms with van der Waals surface area (Å²) >= 11 is 0. The molecule has 0 unspecified atom stereocenters. The fourth-order valence-electron chi connectivity index (χ4n) is 3.28. The number of hydrogen-bond donors (Lipinski definition) is 0. The summed E-state index contributed by atoms with van der Waals surface area (Å²) in [5.41, 5.74) is 1.12. The molecule has 0 amide bonds. The molecule has 0 saturated carbocycles. The van der Waals surface area contributed by atoms with Crippen LogP contribution in [0.5, 0.6) is 11.6 Å². The lowest BCUT2D eigenvalue weighted by Crippen LogP contribution is -2.39. The summed E-state index contributed by atoms with van der Waals surface area (Å²) in [6, 6.07) is 3.71. The number of aromatic nitrogens is 5. The van der Waals surface area contributed by atoms with Crippen molar-refractivity contribution in [2.75, 3.05) is 25.1 Å². The van der Waals surface area contributed by atoms with Crippen LogP contribution >= 0.6 is 0 Å². The van der Waals surface area contributed by atoms with Gasteiger partial charge in [-0.2, -0.15) is 4.98 Å². The van der Waals surface area contributed by atoms with Crippen molar-refractivity contribution in [3.05, 3.63) is 35.9 Å². The maximum Gasteiger partial charge on any atom is 0.256 e. The highest BCUT2D eigenvalue weighted by atomic mass is 16.5. The quantitative estimate of drug-likeness (QED) is 0.711. The van der Waals surface area contributed by atoms with Crippen LogP contribution in [0.4, 0.5) is 5.82 Å². The molecule has 0 aromatic carbocycles. The first-order valence-corrected chi connectivity index (χ1v) is 8.74. The van der Waals surface area contributed by atoms with Crippen molar-refractivity contribution in [3.63, 3.8) is 0 Å². The normalized spacial score (nSPS) is 15.4. The Kier molecular flexibility index (Phi) is 4.32. The number of piperidine rings is 1. The Morgan fingerprint density at radius 3 is 2.62 bits per heavy atom. The number of fused-ring (bicyclic) bond motifs is 1. The van der Waals surface area contributed by atoms with Crippen molar-refractivity contribution in [3.8, 4) is 11.6 Å². The fourth-order valence-corrected chi connectivity index (χ4v) is 3.28. The second-order valence-electron chi connectivity index (χ2n) is 6.51. The molecule has 136 valence electrons. The molecule has 1 aliphatic rings. The molecule has 0 atom stereocenters. The molecule has 1 aliphatic heterocycles. The van der Waals surface area contributed by atoms with Gasteiger partial charge in [0.25, 0.3) is 5.78 Å². The van der Waals surface area contributed by atoms with E-state index >= 15 is 0 Å². The first kappa shape index (κ1) is 16.6. The average molecular weight is 354 g/mol. The van der Waals surface area contributed by atoms with Gasteiger partial charge in [0.15, 0.2) is 0 Å². The summed E-state index contributed by atoms with van der Waals surface area (Å²) in [6.45, 7) is 5.79. The molecule has 4 rings (SSSR count). The fraction of sp³-hybridized carbons (Fsp3) is 0.444. The van der Waals surface area contributed by atoms with Crippen molar-refractivity contribution in [2.24, 2.45) is 0 Å². The van der Waals surface area contributed by atoms with Gasteiger partial charge in [0.05, 0.1) is 13.3 Å². The number of methoxy groups -OCH3 is 1. The Bertz CT molecular complexity index is 900. The molecule has 26 heavy (non-hydrogen) atoms. The van der Waals surface area contributed by atoms with Gasteiger partial charge in [-0.1, -0.05) is 0 Å². The van der Waals surface area contributed by atoms with E-state index in [0.717, 1.165) is 48.9 Å². The third kappa shape index (κ3) is 3.14. The average Bonchev–Trinajstić information content (AvgIpc) is 3.02. The predicted octanol–water partition coefficient (Wildman–Crippen LogP) is 2.19. The van der Waals surface area contributed by atoms with Gasteiger partial charge >= 0.3 is 0 Å². The lowest BCUT2D eigenvalue weighted by atomic mass is 10.1. The molecule has 3 aromatic heterocycles. The molecule has 1 fully saturated rings. The van der Waals surface area contributed by atoms with Gasteiger partial charge < -0.3 is 14.4 Å². The highest BCUT2D eigenvalue weighted by Gasteiger charge is 2.23. The van der Waals surface area contributed by atoms with Crippen molar-refractivity contribution in [1.82, 2.24) is 24.6 Å². The van der Waals surface area contributed by atoms with Crippen molar-refractivity contribution in [2.45, 2.75) is 32.8 Å². The van der Waals surface area contributed by atoms with Crippen molar-refractivity contribution < 1.29 is 9.47 Å². The summed E-state index contributed by atoms with van der Waals surface area (Å²) in [5.74, 6) is 3.84. The summed E-state index contributed by atoms with van der Waals surface area (Å²) in [5, 5.41) is 8.22. The highest BCUT2D eigenvalue weighted by Crippen LogP contribution is 2.25. The van der Waals surface area contributed by atoms with Gasteiger partial charge in [-0.15, -0.1) is 10.2 Å². The molecule has 3 aromatic rings. The number of aryl methyl sites for hydroxylation is 2. The Morgan fingerprint density at radius 1 is 1.12 bits per heavy atom. The second-order valence-corrected chi connectivity index (χ2v) is 6.51. The van der Waals surface area contributed by atoms with Gasteiger partial charge in [-0.3, -0.25) is 4.40 Å². The molecule has 0 bridgehead atoms. The van der Waals surface area contributed by atoms with Crippen LogP contribution in [-0.2, 0) is 0 Å². The first-order valence-electron chi connectivity index (χ1n) is 8.74. The Balaban J connectivity index is 1.42. The Morgan fingerprint density at radius 2 is 1.92 bits per heavy atom. The van der Waals surface area contributed by atoms with E-state index in [1.165, 1.54) is 0 Å². The zero-order valence-corrected chi connectivity index (χ0v) is 15.2. The Labute approximate surface area is 151 Å². The van der Waals surface area contributed by atoms with E-state index in [2.05, 4.69) is 33.2 Å². The van der Waals surface area contributed by atoms with Crippen LogP contribution in [-0.4, -0.2) is 50.9 Å². The third-order valence-corrected chi connectivity index (χ3v) is 4.69. The molecule has 4 heterocycles. The molecule has 1 saturated heterocycles. The van der Waals surface area contributed by atoms with Crippen molar-refractivity contribution >= 4 is 11.6 Å². The zero-order chi connectivity index (χ0) is 18.1. The van der Waals surface area contributed by atoms with E-state index < -0.39 is 0 Å². The molecular formula is C18H22N6O2. The lowest BCUT2D eigenvalue weighted by Gasteiger charge is -2.33. The molecule has 8 nitrogen and oxygen atoms in total. The minimum Gasteiger partial charge on any atom is -0.489 e. The van der Waals surface area contributed by atoms with Gasteiger partial charge in [0.1, 0.15) is 23.5 Å².